The summed E-state index contributed by atoms with van der Waals surface area (Å²) in [6, 6.07) is 17.6. The normalized spacial score (nSPS) is 12.3. The smallest absolute Gasteiger partial charge is 0.147 e. The maximum Gasteiger partial charge on any atom is 0.147 e. The molecule has 0 saturated carbocycles. The van der Waals surface area contributed by atoms with Gasteiger partial charge in [-0.3, -0.25) is 0 Å². The fourth-order valence-electron chi connectivity index (χ4n) is 3.45. The molecule has 0 bridgehead atoms. The molecular weight excluding hydrogens is 455 g/mol. The van der Waals surface area contributed by atoms with Gasteiger partial charge in [0.15, 0.2) is 0 Å². The Morgan fingerprint density at radius 2 is 1.68 bits per heavy atom. The summed E-state index contributed by atoms with van der Waals surface area (Å²) in [5, 5.41) is 0. The van der Waals surface area contributed by atoms with Crippen LogP contribution in [-0.4, -0.2) is 33.6 Å². The number of halogens is 1. The molecule has 5 nitrogen and oxygen atoms in total. The summed E-state index contributed by atoms with van der Waals surface area (Å²) >= 11 is 0. The first-order chi connectivity index (χ1) is 16.4. The maximum atomic E-state index is 14.3. The predicted octanol–water partition coefficient (Wildman–Crippen LogP) is 4.55. The van der Waals surface area contributed by atoms with Gasteiger partial charge < -0.3 is 14.2 Å². The van der Waals surface area contributed by atoms with Crippen LogP contribution in [0.15, 0.2) is 60.7 Å². The van der Waals surface area contributed by atoms with Crippen LogP contribution in [0.25, 0.3) is 0 Å². The Hall–Kier alpha value is -3.50. The van der Waals surface area contributed by atoms with E-state index in [9.17, 15) is 12.8 Å². The molecule has 0 N–H and O–H groups in total. The van der Waals surface area contributed by atoms with Gasteiger partial charge in [0, 0.05) is 35.4 Å². The van der Waals surface area contributed by atoms with Gasteiger partial charge in [-0.25, -0.2) is 12.8 Å². The van der Waals surface area contributed by atoms with Gasteiger partial charge in [-0.05, 0) is 60.5 Å². The average molecular weight is 481 g/mol. The summed E-state index contributed by atoms with van der Waals surface area (Å²) in [5.41, 5.74) is 3.04. The Kier molecular flexibility index (Phi) is 7.39. The van der Waals surface area contributed by atoms with Crippen LogP contribution in [0.4, 0.5) is 4.39 Å². The molecule has 4 rings (SSSR count). The molecule has 176 valence electrons. The highest BCUT2D eigenvalue weighted by Gasteiger charge is 2.13. The highest BCUT2D eigenvalue weighted by Crippen LogP contribution is 2.30. The Morgan fingerprint density at radius 3 is 2.47 bits per heavy atom. The number of ether oxygens (including phenoxy) is 3. The number of sulfone groups is 1. The van der Waals surface area contributed by atoms with Crippen molar-refractivity contribution in [2.24, 2.45) is 0 Å². The molecule has 0 fully saturated rings. The Bertz CT molecular complexity index is 1320. The summed E-state index contributed by atoms with van der Waals surface area (Å²) in [6.45, 7) is 1.10. The fourth-order valence-corrected chi connectivity index (χ4v) is 4.09. The van der Waals surface area contributed by atoms with Crippen molar-refractivity contribution in [1.29, 1.82) is 0 Å². The first kappa shape index (κ1) is 23.7. The zero-order chi connectivity index (χ0) is 24.0. The predicted molar refractivity (Wildman–Crippen MR) is 129 cm³/mol. The minimum atomic E-state index is -2.98. The van der Waals surface area contributed by atoms with E-state index in [0.29, 0.717) is 42.3 Å². The second kappa shape index (κ2) is 10.6. The minimum Gasteiger partial charge on any atom is -0.494 e. The van der Waals surface area contributed by atoms with Crippen molar-refractivity contribution in [2.45, 2.75) is 19.4 Å². The lowest BCUT2D eigenvalue weighted by atomic mass is 10.1. The molecule has 7 heteroatoms. The number of hydrogen-bond acceptors (Lipinski definition) is 5. The van der Waals surface area contributed by atoms with Gasteiger partial charge in [-0.2, -0.15) is 0 Å². The van der Waals surface area contributed by atoms with E-state index in [1.807, 2.05) is 30.3 Å². The minimum absolute atomic E-state index is 0.0888. The van der Waals surface area contributed by atoms with E-state index >= 15 is 0 Å². The molecule has 0 unspecified atom stereocenters. The van der Waals surface area contributed by atoms with Crippen molar-refractivity contribution in [3.05, 3.63) is 88.7 Å². The van der Waals surface area contributed by atoms with Crippen molar-refractivity contribution in [3.63, 3.8) is 0 Å². The molecular formula is C27H25FO5S. The molecule has 1 aliphatic rings. The molecule has 34 heavy (non-hydrogen) atoms. The maximum absolute atomic E-state index is 14.3. The molecule has 0 radical (unpaired) electrons. The van der Waals surface area contributed by atoms with Crippen LogP contribution in [0.1, 0.15) is 28.7 Å². The molecule has 1 aliphatic heterocycles. The van der Waals surface area contributed by atoms with Gasteiger partial charge in [0.25, 0.3) is 0 Å². The Morgan fingerprint density at radius 1 is 0.941 bits per heavy atom. The number of hydrogen-bond donors (Lipinski definition) is 0. The largest absolute Gasteiger partial charge is 0.494 e. The van der Waals surface area contributed by atoms with Gasteiger partial charge in [0.1, 0.15) is 39.5 Å². The molecule has 0 amide bonds. The van der Waals surface area contributed by atoms with E-state index in [1.54, 1.807) is 24.3 Å². The van der Waals surface area contributed by atoms with E-state index in [0.717, 1.165) is 23.3 Å². The van der Waals surface area contributed by atoms with E-state index in [1.165, 1.54) is 12.3 Å². The summed E-state index contributed by atoms with van der Waals surface area (Å²) in [7, 11) is -2.98. The number of rotatable bonds is 8. The van der Waals surface area contributed by atoms with Crippen molar-refractivity contribution < 1.29 is 27.0 Å². The van der Waals surface area contributed by atoms with Crippen LogP contribution in [0, 0.1) is 17.7 Å². The van der Waals surface area contributed by atoms with Crippen LogP contribution in [-0.2, 0) is 22.9 Å². The quantitative estimate of drug-likeness (QED) is 0.350. The fraction of sp³-hybridized carbons (Fsp3) is 0.259. The highest BCUT2D eigenvalue weighted by molar-refractivity contribution is 7.90. The molecule has 1 heterocycles. The van der Waals surface area contributed by atoms with Crippen molar-refractivity contribution in [3.8, 4) is 29.1 Å². The third kappa shape index (κ3) is 6.75. The highest BCUT2D eigenvalue weighted by atomic mass is 32.2. The monoisotopic (exact) mass is 480 g/mol. The van der Waals surface area contributed by atoms with E-state index in [-0.39, 0.29) is 18.2 Å². The summed E-state index contributed by atoms with van der Waals surface area (Å²) in [5.74, 6) is 7.97. The summed E-state index contributed by atoms with van der Waals surface area (Å²) in [4.78, 5) is 0. The van der Waals surface area contributed by atoms with Crippen molar-refractivity contribution >= 4 is 9.84 Å². The zero-order valence-corrected chi connectivity index (χ0v) is 19.7. The zero-order valence-electron chi connectivity index (χ0n) is 18.8. The molecule has 0 atom stereocenters. The van der Waals surface area contributed by atoms with E-state index < -0.39 is 9.84 Å². The summed E-state index contributed by atoms with van der Waals surface area (Å²) in [6.07, 6.45) is 2.55. The summed E-state index contributed by atoms with van der Waals surface area (Å²) < 4.78 is 53.5. The average Bonchev–Trinajstić information content (AvgIpc) is 3.28. The lowest BCUT2D eigenvalue weighted by Gasteiger charge is -2.09. The molecule has 0 spiro atoms. The van der Waals surface area contributed by atoms with Crippen molar-refractivity contribution in [1.82, 2.24) is 0 Å². The van der Waals surface area contributed by atoms with Crippen LogP contribution in [0.5, 0.6) is 17.2 Å². The Labute approximate surface area is 199 Å². The van der Waals surface area contributed by atoms with Crippen LogP contribution in [0.2, 0.25) is 0 Å². The third-order valence-corrected chi connectivity index (χ3v) is 6.27. The standard InChI is InChI=1S/C27H25FO5S/c1-34(29,30)16-2-14-31-24-9-5-20(6-10-24)3-4-21-7-12-26(28)23(17-21)19-33-25-11-8-22-13-15-32-27(22)18-25/h5-12,17-18H,2,13-16,19H2,1H3. The van der Waals surface area contributed by atoms with Crippen LogP contribution >= 0.6 is 0 Å². The van der Waals surface area contributed by atoms with E-state index in [2.05, 4.69) is 11.8 Å². The van der Waals surface area contributed by atoms with Crippen LogP contribution in [0.3, 0.4) is 0 Å². The van der Waals surface area contributed by atoms with Gasteiger partial charge in [-0.15, -0.1) is 0 Å². The van der Waals surface area contributed by atoms with Gasteiger partial charge in [0.2, 0.25) is 0 Å². The second-order valence-corrected chi connectivity index (χ2v) is 10.3. The first-order valence-corrected chi connectivity index (χ1v) is 13.0. The first-order valence-electron chi connectivity index (χ1n) is 11.0. The van der Waals surface area contributed by atoms with Gasteiger partial charge >= 0.3 is 0 Å². The SMILES string of the molecule is CS(=O)(=O)CCCOc1ccc(C#Cc2ccc(F)c(COc3ccc4c(c3)OCC4)c2)cc1. The number of benzene rings is 3. The lowest BCUT2D eigenvalue weighted by molar-refractivity contribution is 0.296. The van der Waals surface area contributed by atoms with E-state index in [4.69, 9.17) is 14.2 Å². The number of fused-ring (bicyclic) bond motifs is 1. The molecule has 3 aromatic carbocycles. The third-order valence-electron chi connectivity index (χ3n) is 5.24. The van der Waals surface area contributed by atoms with Gasteiger partial charge in [0.05, 0.1) is 19.0 Å². The molecule has 3 aromatic rings. The molecule has 0 aliphatic carbocycles. The van der Waals surface area contributed by atoms with Gasteiger partial charge in [-0.1, -0.05) is 17.9 Å². The topological polar surface area (TPSA) is 61.8 Å². The lowest BCUT2D eigenvalue weighted by Crippen LogP contribution is -2.07. The Balaban J connectivity index is 1.34. The molecule has 0 saturated heterocycles. The molecule has 0 aromatic heterocycles. The second-order valence-electron chi connectivity index (χ2n) is 8.07. The van der Waals surface area contributed by atoms with Crippen LogP contribution < -0.4 is 14.2 Å². The van der Waals surface area contributed by atoms with Crippen molar-refractivity contribution in [2.75, 3.05) is 25.2 Å².